The van der Waals surface area contributed by atoms with E-state index in [9.17, 15) is 4.79 Å². The molecule has 0 radical (unpaired) electrons. The molecular weight excluding hydrogens is 296 g/mol. The van der Waals surface area contributed by atoms with Gasteiger partial charge in [-0.25, -0.2) is 15.0 Å². The minimum atomic E-state index is -0.311. The van der Waals surface area contributed by atoms with Gasteiger partial charge in [0.05, 0.1) is 11.7 Å². The summed E-state index contributed by atoms with van der Waals surface area (Å²) >= 11 is 0. The topological polar surface area (TPSA) is 86.2 Å². The summed E-state index contributed by atoms with van der Waals surface area (Å²) in [4.78, 5) is 24.4. The van der Waals surface area contributed by atoms with Crippen LogP contribution in [0.1, 0.15) is 28.9 Å². The van der Waals surface area contributed by atoms with Crippen LogP contribution >= 0.6 is 0 Å². The average Bonchev–Trinajstić information content (AvgIpc) is 3.07. The van der Waals surface area contributed by atoms with Gasteiger partial charge in [0.15, 0.2) is 0 Å². The SMILES string of the molecule is Cc1ccnc(NC(=O)c2ccc(OC[C@@H]3CCCO3)nc2)n1. The molecule has 23 heavy (non-hydrogen) atoms. The minimum Gasteiger partial charge on any atom is -0.475 e. The second-order valence-corrected chi connectivity index (χ2v) is 5.31. The first kappa shape index (κ1) is 15.4. The van der Waals surface area contributed by atoms with Gasteiger partial charge in [-0.15, -0.1) is 0 Å². The molecule has 120 valence electrons. The lowest BCUT2D eigenvalue weighted by molar-refractivity contribution is 0.0663. The fourth-order valence-corrected chi connectivity index (χ4v) is 2.24. The number of carbonyl (C=O) groups excluding carboxylic acids is 1. The van der Waals surface area contributed by atoms with Gasteiger partial charge in [0, 0.05) is 30.8 Å². The zero-order chi connectivity index (χ0) is 16.1. The molecule has 2 aromatic rings. The third-order valence-corrected chi connectivity index (χ3v) is 3.46. The van der Waals surface area contributed by atoms with E-state index in [2.05, 4.69) is 20.3 Å². The first-order chi connectivity index (χ1) is 11.2. The molecule has 1 aliphatic heterocycles. The second-order valence-electron chi connectivity index (χ2n) is 5.31. The molecule has 0 aromatic carbocycles. The number of nitrogens with zero attached hydrogens (tertiary/aromatic N) is 3. The lowest BCUT2D eigenvalue weighted by atomic mass is 10.2. The molecule has 1 N–H and O–H groups in total. The Labute approximate surface area is 134 Å². The van der Waals surface area contributed by atoms with E-state index in [0.717, 1.165) is 25.1 Å². The van der Waals surface area contributed by atoms with Crippen molar-refractivity contribution in [1.29, 1.82) is 0 Å². The van der Waals surface area contributed by atoms with Crippen molar-refractivity contribution in [2.24, 2.45) is 0 Å². The maximum Gasteiger partial charge on any atom is 0.259 e. The van der Waals surface area contributed by atoms with E-state index in [4.69, 9.17) is 9.47 Å². The lowest BCUT2D eigenvalue weighted by Crippen LogP contribution is -2.17. The van der Waals surface area contributed by atoms with Crippen molar-refractivity contribution in [3.63, 3.8) is 0 Å². The molecule has 7 heteroatoms. The van der Waals surface area contributed by atoms with Gasteiger partial charge in [-0.3, -0.25) is 10.1 Å². The highest BCUT2D eigenvalue weighted by atomic mass is 16.5. The Morgan fingerprint density at radius 3 is 3.00 bits per heavy atom. The molecule has 3 rings (SSSR count). The van der Waals surface area contributed by atoms with E-state index in [1.807, 2.05) is 6.92 Å². The summed E-state index contributed by atoms with van der Waals surface area (Å²) in [6.45, 7) is 3.11. The Morgan fingerprint density at radius 2 is 2.30 bits per heavy atom. The monoisotopic (exact) mass is 314 g/mol. The smallest absolute Gasteiger partial charge is 0.259 e. The van der Waals surface area contributed by atoms with Gasteiger partial charge in [-0.1, -0.05) is 0 Å². The summed E-state index contributed by atoms with van der Waals surface area (Å²) in [6.07, 6.45) is 5.28. The van der Waals surface area contributed by atoms with Crippen LogP contribution in [0.2, 0.25) is 0 Å². The third-order valence-electron chi connectivity index (χ3n) is 3.46. The number of aromatic nitrogens is 3. The molecule has 1 saturated heterocycles. The number of aryl methyl sites for hydroxylation is 1. The fraction of sp³-hybridized carbons (Fsp3) is 0.375. The zero-order valence-corrected chi connectivity index (χ0v) is 12.9. The van der Waals surface area contributed by atoms with Crippen molar-refractivity contribution in [2.45, 2.75) is 25.9 Å². The van der Waals surface area contributed by atoms with Gasteiger partial charge < -0.3 is 9.47 Å². The molecular formula is C16H18N4O3. The number of amides is 1. The molecule has 0 unspecified atom stereocenters. The lowest BCUT2D eigenvalue weighted by Gasteiger charge is -2.10. The van der Waals surface area contributed by atoms with Gasteiger partial charge in [0.1, 0.15) is 6.61 Å². The third kappa shape index (κ3) is 4.23. The number of hydrogen-bond donors (Lipinski definition) is 1. The molecule has 1 aliphatic rings. The average molecular weight is 314 g/mol. The predicted octanol–water partition coefficient (Wildman–Crippen LogP) is 1.99. The van der Waals surface area contributed by atoms with Crippen molar-refractivity contribution in [1.82, 2.24) is 15.0 Å². The predicted molar refractivity (Wildman–Crippen MR) is 83.4 cm³/mol. The Hall–Kier alpha value is -2.54. The van der Waals surface area contributed by atoms with Gasteiger partial charge in [0.25, 0.3) is 5.91 Å². The highest BCUT2D eigenvalue weighted by Gasteiger charge is 2.16. The van der Waals surface area contributed by atoms with Gasteiger partial charge in [0.2, 0.25) is 11.8 Å². The summed E-state index contributed by atoms with van der Waals surface area (Å²) in [5.41, 5.74) is 1.20. The molecule has 1 atom stereocenters. The van der Waals surface area contributed by atoms with Crippen LogP contribution in [0.3, 0.4) is 0 Å². The van der Waals surface area contributed by atoms with Crippen molar-refractivity contribution in [3.05, 3.63) is 41.9 Å². The molecule has 1 amide bonds. The number of nitrogens with one attached hydrogen (secondary N) is 1. The maximum absolute atomic E-state index is 12.1. The van der Waals surface area contributed by atoms with Crippen LogP contribution in [0.25, 0.3) is 0 Å². The highest BCUT2D eigenvalue weighted by molar-refractivity contribution is 6.03. The standard InChI is InChI=1S/C16H18N4O3/c1-11-6-7-17-16(19-11)20-15(21)12-4-5-14(18-9-12)23-10-13-3-2-8-22-13/h4-7,9,13H,2-3,8,10H2,1H3,(H,17,19,20,21)/t13-/m0/s1. The van der Waals surface area contributed by atoms with E-state index < -0.39 is 0 Å². The zero-order valence-electron chi connectivity index (χ0n) is 12.9. The number of ether oxygens (including phenoxy) is 2. The molecule has 0 aliphatic carbocycles. The highest BCUT2D eigenvalue weighted by Crippen LogP contribution is 2.15. The minimum absolute atomic E-state index is 0.137. The Kier molecular flexibility index (Phi) is 4.77. The normalized spacial score (nSPS) is 17.0. The summed E-state index contributed by atoms with van der Waals surface area (Å²) in [5, 5.41) is 2.63. The number of rotatable bonds is 5. The molecule has 7 nitrogen and oxygen atoms in total. The van der Waals surface area contributed by atoms with Crippen LogP contribution in [0.5, 0.6) is 5.88 Å². The van der Waals surface area contributed by atoms with Crippen LogP contribution in [0.4, 0.5) is 5.95 Å². The van der Waals surface area contributed by atoms with Crippen molar-refractivity contribution < 1.29 is 14.3 Å². The van der Waals surface area contributed by atoms with Gasteiger partial charge >= 0.3 is 0 Å². The van der Waals surface area contributed by atoms with Crippen LogP contribution in [0, 0.1) is 6.92 Å². The number of carbonyl (C=O) groups is 1. The Balaban J connectivity index is 1.56. The number of pyridine rings is 1. The molecule has 0 spiro atoms. The first-order valence-corrected chi connectivity index (χ1v) is 7.52. The van der Waals surface area contributed by atoms with Crippen molar-refractivity contribution in [2.75, 3.05) is 18.5 Å². The van der Waals surface area contributed by atoms with E-state index >= 15 is 0 Å². The van der Waals surface area contributed by atoms with Crippen LogP contribution in [-0.2, 0) is 4.74 Å². The maximum atomic E-state index is 12.1. The van der Waals surface area contributed by atoms with Crippen LogP contribution in [0.15, 0.2) is 30.6 Å². The van der Waals surface area contributed by atoms with E-state index in [-0.39, 0.29) is 18.0 Å². The van der Waals surface area contributed by atoms with Crippen molar-refractivity contribution >= 4 is 11.9 Å². The molecule has 0 saturated carbocycles. The molecule has 1 fully saturated rings. The quantitative estimate of drug-likeness (QED) is 0.908. The van der Waals surface area contributed by atoms with E-state index in [0.29, 0.717) is 18.1 Å². The fourth-order valence-electron chi connectivity index (χ4n) is 2.24. The summed E-state index contributed by atoms with van der Waals surface area (Å²) < 4.78 is 11.0. The van der Waals surface area contributed by atoms with Crippen LogP contribution in [-0.4, -0.2) is 40.2 Å². The summed E-state index contributed by atoms with van der Waals surface area (Å²) in [6, 6.07) is 5.08. The second kappa shape index (κ2) is 7.15. The Bertz CT molecular complexity index is 669. The van der Waals surface area contributed by atoms with Gasteiger partial charge in [-0.05, 0) is 31.9 Å². The first-order valence-electron chi connectivity index (χ1n) is 7.52. The molecule has 2 aromatic heterocycles. The molecule has 3 heterocycles. The van der Waals surface area contributed by atoms with E-state index in [1.165, 1.54) is 6.20 Å². The van der Waals surface area contributed by atoms with Gasteiger partial charge in [-0.2, -0.15) is 0 Å². The number of anilines is 1. The molecule has 0 bridgehead atoms. The van der Waals surface area contributed by atoms with Crippen LogP contribution < -0.4 is 10.1 Å². The Morgan fingerprint density at radius 1 is 1.39 bits per heavy atom. The summed E-state index contributed by atoms with van der Waals surface area (Å²) in [5.74, 6) is 0.436. The van der Waals surface area contributed by atoms with E-state index in [1.54, 1.807) is 24.4 Å². The largest absolute Gasteiger partial charge is 0.475 e. The van der Waals surface area contributed by atoms with Crippen molar-refractivity contribution in [3.8, 4) is 5.88 Å². The summed E-state index contributed by atoms with van der Waals surface area (Å²) in [7, 11) is 0. The number of hydrogen-bond acceptors (Lipinski definition) is 6.